The number of amides is 1. The molecule has 2 unspecified atom stereocenters. The largest absolute Gasteiger partial charge is 0.497 e. The number of carbonyl (C=O) groups excluding carboxylic acids is 1. The Morgan fingerprint density at radius 3 is 2.61 bits per heavy atom. The van der Waals surface area contributed by atoms with Crippen LogP contribution in [0.1, 0.15) is 48.6 Å². The van der Waals surface area contributed by atoms with Crippen LogP contribution in [0, 0.1) is 5.92 Å². The molecule has 36 heavy (non-hydrogen) atoms. The fourth-order valence-corrected chi connectivity index (χ4v) is 5.23. The topological polar surface area (TPSA) is 68.2 Å². The van der Waals surface area contributed by atoms with Crippen LogP contribution >= 0.6 is 0 Å². The minimum Gasteiger partial charge on any atom is -0.497 e. The molecule has 5 rings (SSSR count). The van der Waals surface area contributed by atoms with Crippen molar-refractivity contribution in [3.05, 3.63) is 95.4 Å². The molecule has 0 bridgehead atoms. The summed E-state index contributed by atoms with van der Waals surface area (Å²) in [6.07, 6.45) is 7.53. The number of ether oxygens (including phenoxy) is 1. The Morgan fingerprint density at radius 1 is 1.11 bits per heavy atom. The van der Waals surface area contributed by atoms with Gasteiger partial charge in [0.25, 0.3) is 0 Å². The first-order chi connectivity index (χ1) is 17.5. The van der Waals surface area contributed by atoms with Gasteiger partial charge in [-0.2, -0.15) is 0 Å². The Hall–Kier alpha value is -3.64. The van der Waals surface area contributed by atoms with E-state index in [0.717, 1.165) is 24.3 Å². The summed E-state index contributed by atoms with van der Waals surface area (Å²) in [5, 5.41) is 8.16. The van der Waals surface area contributed by atoms with Crippen molar-refractivity contribution in [3.8, 4) is 5.75 Å². The van der Waals surface area contributed by atoms with Gasteiger partial charge < -0.3 is 14.6 Å². The Bertz CT molecular complexity index is 1330. The van der Waals surface area contributed by atoms with Gasteiger partial charge in [0.15, 0.2) is 0 Å². The molecule has 0 aliphatic carbocycles. The van der Waals surface area contributed by atoms with Gasteiger partial charge in [0, 0.05) is 48.6 Å². The molecule has 0 saturated carbocycles. The minimum atomic E-state index is -0.306. The second kappa shape index (κ2) is 10.5. The number of nitrogens with one attached hydrogen (secondary N) is 2. The monoisotopic (exact) mass is 482 g/mol. The molecule has 0 spiro atoms. The van der Waals surface area contributed by atoms with E-state index in [4.69, 9.17) is 4.74 Å². The minimum absolute atomic E-state index is 0.0300. The SMILES string of the molecule is COc1ccc(CNC(=O)C2Cc3cn(Cc4ccncc4)c4cccc(c34)C(CC(C)C)N2)cc1. The van der Waals surface area contributed by atoms with Crippen molar-refractivity contribution >= 4 is 16.8 Å². The number of methoxy groups -OCH3 is 1. The molecule has 2 aromatic heterocycles. The van der Waals surface area contributed by atoms with E-state index in [2.05, 4.69) is 70.6 Å². The van der Waals surface area contributed by atoms with E-state index in [9.17, 15) is 4.79 Å². The predicted molar refractivity (Wildman–Crippen MR) is 143 cm³/mol. The molecule has 1 aliphatic rings. The van der Waals surface area contributed by atoms with Gasteiger partial charge in [0.1, 0.15) is 5.75 Å². The maximum absolute atomic E-state index is 13.4. The second-order valence-corrected chi connectivity index (χ2v) is 10.1. The summed E-state index contributed by atoms with van der Waals surface area (Å²) in [4.78, 5) is 17.6. The van der Waals surface area contributed by atoms with Crippen LogP contribution in [0.4, 0.5) is 0 Å². The first kappa shape index (κ1) is 24.1. The van der Waals surface area contributed by atoms with Gasteiger partial charge >= 0.3 is 0 Å². The smallest absolute Gasteiger partial charge is 0.237 e. The Labute approximate surface area is 212 Å². The molecule has 2 N–H and O–H groups in total. The number of pyridine rings is 1. The zero-order chi connectivity index (χ0) is 25.1. The van der Waals surface area contributed by atoms with Crippen molar-refractivity contribution in [2.45, 2.75) is 51.9 Å². The van der Waals surface area contributed by atoms with Crippen LogP contribution in [0.15, 0.2) is 73.2 Å². The lowest BCUT2D eigenvalue weighted by atomic mass is 9.94. The molecule has 0 saturated heterocycles. The summed E-state index contributed by atoms with van der Waals surface area (Å²) in [5.41, 5.74) is 5.98. The van der Waals surface area contributed by atoms with E-state index in [1.807, 2.05) is 36.7 Å². The van der Waals surface area contributed by atoms with Gasteiger partial charge in [-0.15, -0.1) is 0 Å². The van der Waals surface area contributed by atoms with Crippen molar-refractivity contribution in [2.24, 2.45) is 5.92 Å². The highest BCUT2D eigenvalue weighted by Gasteiger charge is 2.30. The van der Waals surface area contributed by atoms with Gasteiger partial charge in [0.2, 0.25) is 5.91 Å². The summed E-state index contributed by atoms with van der Waals surface area (Å²) in [6, 6.07) is 18.3. The standard InChI is InChI=1S/C30H34N4O2/c1-20(2)15-26-25-5-4-6-28-29(25)23(19-34(28)18-22-11-13-31-14-12-22)16-27(33-26)30(35)32-17-21-7-9-24(36-3)10-8-21/h4-14,19-20,26-27,33H,15-18H2,1-3H3,(H,32,35). The molecular formula is C30H34N4O2. The van der Waals surface area contributed by atoms with Crippen molar-refractivity contribution in [2.75, 3.05) is 7.11 Å². The number of benzene rings is 2. The normalized spacial score (nSPS) is 17.2. The van der Waals surface area contributed by atoms with Crippen molar-refractivity contribution in [3.63, 3.8) is 0 Å². The second-order valence-electron chi connectivity index (χ2n) is 10.1. The Morgan fingerprint density at radius 2 is 1.89 bits per heavy atom. The quantitative estimate of drug-likeness (QED) is 0.370. The molecule has 6 heteroatoms. The Kier molecular flexibility index (Phi) is 7.05. The molecule has 2 atom stereocenters. The highest BCUT2D eigenvalue weighted by molar-refractivity contribution is 5.90. The first-order valence-electron chi connectivity index (χ1n) is 12.7. The van der Waals surface area contributed by atoms with E-state index >= 15 is 0 Å². The molecule has 1 amide bonds. The molecular weight excluding hydrogens is 448 g/mol. The van der Waals surface area contributed by atoms with Crippen LogP contribution in [-0.2, 0) is 24.3 Å². The third kappa shape index (κ3) is 5.14. The predicted octanol–water partition coefficient (Wildman–Crippen LogP) is 5.01. The maximum atomic E-state index is 13.4. The summed E-state index contributed by atoms with van der Waals surface area (Å²) in [5.74, 6) is 1.34. The van der Waals surface area contributed by atoms with Crippen LogP contribution < -0.4 is 15.4 Å². The number of rotatable bonds is 8. The molecule has 0 radical (unpaired) electrons. The van der Waals surface area contributed by atoms with Gasteiger partial charge in [-0.3, -0.25) is 15.1 Å². The van der Waals surface area contributed by atoms with E-state index in [-0.39, 0.29) is 18.0 Å². The molecule has 6 nitrogen and oxygen atoms in total. The number of aromatic nitrogens is 2. The molecule has 1 aliphatic heterocycles. The molecule has 4 aromatic rings. The van der Waals surface area contributed by atoms with E-state index in [1.165, 1.54) is 27.6 Å². The number of nitrogens with zero attached hydrogens (tertiary/aromatic N) is 2. The number of hydrogen-bond donors (Lipinski definition) is 2. The van der Waals surface area contributed by atoms with Gasteiger partial charge in [-0.05, 0) is 71.3 Å². The summed E-state index contributed by atoms with van der Waals surface area (Å²) < 4.78 is 7.56. The average molecular weight is 483 g/mol. The summed E-state index contributed by atoms with van der Waals surface area (Å²) in [7, 11) is 1.65. The van der Waals surface area contributed by atoms with Crippen LogP contribution in [-0.4, -0.2) is 28.6 Å². The first-order valence-corrected chi connectivity index (χ1v) is 12.7. The van der Waals surface area contributed by atoms with E-state index < -0.39 is 0 Å². The average Bonchev–Trinajstić information content (AvgIpc) is 3.15. The zero-order valence-electron chi connectivity index (χ0n) is 21.2. The molecule has 3 heterocycles. The third-order valence-corrected chi connectivity index (χ3v) is 6.97. The third-order valence-electron chi connectivity index (χ3n) is 6.97. The Balaban J connectivity index is 1.43. The molecule has 0 fully saturated rings. The highest BCUT2D eigenvalue weighted by atomic mass is 16.5. The van der Waals surface area contributed by atoms with Crippen molar-refractivity contribution in [1.82, 2.24) is 20.2 Å². The fraction of sp³-hybridized carbons (Fsp3) is 0.333. The van der Waals surface area contributed by atoms with E-state index in [1.54, 1.807) is 7.11 Å². The molecule has 186 valence electrons. The zero-order valence-corrected chi connectivity index (χ0v) is 21.2. The van der Waals surface area contributed by atoms with Crippen molar-refractivity contribution < 1.29 is 9.53 Å². The lowest BCUT2D eigenvalue weighted by molar-refractivity contribution is -0.123. The van der Waals surface area contributed by atoms with Crippen LogP contribution in [0.2, 0.25) is 0 Å². The van der Waals surface area contributed by atoms with Crippen LogP contribution in [0.25, 0.3) is 10.9 Å². The number of carbonyl (C=O) groups is 1. The van der Waals surface area contributed by atoms with E-state index in [0.29, 0.717) is 18.9 Å². The summed E-state index contributed by atoms with van der Waals surface area (Å²) in [6.45, 7) is 5.74. The lowest BCUT2D eigenvalue weighted by Gasteiger charge is -2.25. The highest BCUT2D eigenvalue weighted by Crippen LogP contribution is 2.36. The van der Waals surface area contributed by atoms with Gasteiger partial charge in [-0.25, -0.2) is 0 Å². The van der Waals surface area contributed by atoms with Crippen molar-refractivity contribution in [1.29, 1.82) is 0 Å². The van der Waals surface area contributed by atoms with Gasteiger partial charge in [-0.1, -0.05) is 38.1 Å². The van der Waals surface area contributed by atoms with Crippen LogP contribution in [0.5, 0.6) is 5.75 Å². The van der Waals surface area contributed by atoms with Crippen LogP contribution in [0.3, 0.4) is 0 Å². The lowest BCUT2D eigenvalue weighted by Crippen LogP contribution is -2.46. The fourth-order valence-electron chi connectivity index (χ4n) is 5.23. The number of hydrogen-bond acceptors (Lipinski definition) is 4. The maximum Gasteiger partial charge on any atom is 0.237 e. The molecule has 2 aromatic carbocycles. The van der Waals surface area contributed by atoms with Gasteiger partial charge in [0.05, 0.1) is 13.2 Å². The summed E-state index contributed by atoms with van der Waals surface area (Å²) >= 11 is 0.